The van der Waals surface area contributed by atoms with Crippen LogP contribution in [0.2, 0.25) is 0 Å². The van der Waals surface area contributed by atoms with Gasteiger partial charge in [0.1, 0.15) is 5.82 Å². The second kappa shape index (κ2) is 6.14. The number of rotatable bonds is 4. The molecule has 0 spiro atoms. The van der Waals surface area contributed by atoms with E-state index in [2.05, 4.69) is 0 Å². The molecule has 0 atom stereocenters. The molecule has 0 aromatic heterocycles. The summed E-state index contributed by atoms with van der Waals surface area (Å²) in [6.45, 7) is 2.08. The average molecular weight is 258 g/mol. The fourth-order valence-electron chi connectivity index (χ4n) is 1.98. The number of carbonyl (C=O) groups is 1. The Morgan fingerprint density at radius 3 is 2.58 bits per heavy atom. The second-order valence-corrected chi connectivity index (χ2v) is 4.15. The number of halogens is 1. The lowest BCUT2D eigenvalue weighted by Crippen LogP contribution is -2.08. The van der Waals surface area contributed by atoms with Crippen molar-refractivity contribution in [3.63, 3.8) is 0 Å². The lowest BCUT2D eigenvalue weighted by atomic mass is 9.97. The van der Waals surface area contributed by atoms with E-state index in [1.54, 1.807) is 13.0 Å². The predicted octanol–water partition coefficient (Wildman–Crippen LogP) is 3.60. The molecule has 0 saturated carbocycles. The minimum atomic E-state index is -0.348. The summed E-state index contributed by atoms with van der Waals surface area (Å²) in [5.74, 6) is -0.690. The van der Waals surface area contributed by atoms with Crippen molar-refractivity contribution >= 4 is 5.97 Å². The third-order valence-corrected chi connectivity index (χ3v) is 2.79. The molecule has 0 fully saturated rings. The normalized spacial score (nSPS) is 10.2. The van der Waals surface area contributed by atoms with Crippen LogP contribution in [0.5, 0.6) is 0 Å². The molecule has 0 heterocycles. The van der Waals surface area contributed by atoms with Gasteiger partial charge in [-0.1, -0.05) is 36.4 Å². The van der Waals surface area contributed by atoms with Gasteiger partial charge < -0.3 is 4.74 Å². The summed E-state index contributed by atoms with van der Waals surface area (Å²) in [5, 5.41) is 0. The van der Waals surface area contributed by atoms with Gasteiger partial charge in [0.15, 0.2) is 0 Å². The number of benzene rings is 2. The van der Waals surface area contributed by atoms with Crippen molar-refractivity contribution in [2.24, 2.45) is 0 Å². The smallest absolute Gasteiger partial charge is 0.310 e. The van der Waals surface area contributed by atoms with Crippen LogP contribution in [-0.2, 0) is 16.0 Å². The maximum atomic E-state index is 13.3. The fourth-order valence-corrected chi connectivity index (χ4v) is 1.98. The SMILES string of the molecule is CCOC(=O)Cc1cc(F)ccc1-c1ccccc1. The number of ether oxygens (including phenoxy) is 1. The van der Waals surface area contributed by atoms with Gasteiger partial charge in [0, 0.05) is 0 Å². The molecule has 0 aliphatic heterocycles. The van der Waals surface area contributed by atoms with Gasteiger partial charge in [-0.15, -0.1) is 0 Å². The first-order valence-corrected chi connectivity index (χ1v) is 6.20. The number of hydrogen-bond donors (Lipinski definition) is 0. The molecule has 0 aliphatic rings. The molecular weight excluding hydrogens is 243 g/mol. The van der Waals surface area contributed by atoms with Crippen LogP contribution in [0, 0.1) is 5.82 Å². The molecule has 2 nitrogen and oxygen atoms in total. The van der Waals surface area contributed by atoms with Crippen LogP contribution in [0.4, 0.5) is 4.39 Å². The highest BCUT2D eigenvalue weighted by atomic mass is 19.1. The van der Waals surface area contributed by atoms with Crippen molar-refractivity contribution in [1.29, 1.82) is 0 Å². The zero-order valence-corrected chi connectivity index (χ0v) is 10.7. The largest absolute Gasteiger partial charge is 0.466 e. The molecule has 19 heavy (non-hydrogen) atoms. The van der Waals surface area contributed by atoms with Crippen LogP contribution in [0.15, 0.2) is 48.5 Å². The van der Waals surface area contributed by atoms with Gasteiger partial charge in [0.2, 0.25) is 0 Å². The quantitative estimate of drug-likeness (QED) is 0.783. The molecule has 0 N–H and O–H groups in total. The van der Waals surface area contributed by atoms with Crippen LogP contribution >= 0.6 is 0 Å². The van der Waals surface area contributed by atoms with Crippen LogP contribution in [-0.4, -0.2) is 12.6 Å². The Bertz CT molecular complexity index is 564. The molecule has 98 valence electrons. The van der Waals surface area contributed by atoms with E-state index >= 15 is 0 Å². The standard InChI is InChI=1S/C16H15FO2/c1-2-19-16(18)11-13-10-14(17)8-9-15(13)12-6-4-3-5-7-12/h3-10H,2,11H2,1H3. The lowest BCUT2D eigenvalue weighted by molar-refractivity contribution is -0.142. The van der Waals surface area contributed by atoms with Gasteiger partial charge in [0.25, 0.3) is 0 Å². The van der Waals surface area contributed by atoms with Gasteiger partial charge in [-0.2, -0.15) is 0 Å². The van der Waals surface area contributed by atoms with Gasteiger partial charge in [0.05, 0.1) is 13.0 Å². The molecule has 2 aromatic rings. The maximum absolute atomic E-state index is 13.3. The van der Waals surface area contributed by atoms with Crippen LogP contribution in [0.3, 0.4) is 0 Å². The first-order valence-electron chi connectivity index (χ1n) is 6.20. The van der Waals surface area contributed by atoms with E-state index in [-0.39, 0.29) is 18.2 Å². The zero-order valence-electron chi connectivity index (χ0n) is 10.7. The molecule has 0 radical (unpaired) electrons. The Morgan fingerprint density at radius 1 is 1.16 bits per heavy atom. The van der Waals surface area contributed by atoms with Crippen LogP contribution < -0.4 is 0 Å². The Hall–Kier alpha value is -2.16. The van der Waals surface area contributed by atoms with Crippen molar-refractivity contribution in [3.8, 4) is 11.1 Å². The summed E-state index contributed by atoms with van der Waals surface area (Å²) in [4.78, 5) is 11.6. The van der Waals surface area contributed by atoms with Crippen LogP contribution in [0.1, 0.15) is 12.5 Å². The first kappa shape index (κ1) is 13.3. The first-order chi connectivity index (χ1) is 9.20. The monoisotopic (exact) mass is 258 g/mol. The zero-order chi connectivity index (χ0) is 13.7. The molecule has 3 heteroatoms. The molecule has 0 aliphatic carbocycles. The highest BCUT2D eigenvalue weighted by Crippen LogP contribution is 2.25. The van der Waals surface area contributed by atoms with E-state index in [1.165, 1.54) is 12.1 Å². The van der Waals surface area contributed by atoms with E-state index in [9.17, 15) is 9.18 Å². The van der Waals surface area contributed by atoms with Crippen molar-refractivity contribution < 1.29 is 13.9 Å². The second-order valence-electron chi connectivity index (χ2n) is 4.15. The highest BCUT2D eigenvalue weighted by molar-refractivity contribution is 5.77. The fraction of sp³-hybridized carbons (Fsp3) is 0.188. The van der Waals surface area contributed by atoms with E-state index < -0.39 is 0 Å². The van der Waals surface area contributed by atoms with Crippen molar-refractivity contribution in [2.45, 2.75) is 13.3 Å². The summed E-state index contributed by atoms with van der Waals surface area (Å²) >= 11 is 0. The van der Waals surface area contributed by atoms with E-state index in [0.717, 1.165) is 11.1 Å². The van der Waals surface area contributed by atoms with Gasteiger partial charge in [-0.05, 0) is 35.7 Å². The van der Waals surface area contributed by atoms with Crippen molar-refractivity contribution in [2.75, 3.05) is 6.61 Å². The van der Waals surface area contributed by atoms with Crippen molar-refractivity contribution in [3.05, 3.63) is 59.9 Å². The number of esters is 1. The molecule has 0 unspecified atom stereocenters. The molecular formula is C16H15FO2. The molecule has 0 saturated heterocycles. The Balaban J connectivity index is 2.36. The predicted molar refractivity (Wildman–Crippen MR) is 72.2 cm³/mol. The van der Waals surface area contributed by atoms with Gasteiger partial charge >= 0.3 is 5.97 Å². The molecule has 2 rings (SSSR count). The van der Waals surface area contributed by atoms with Crippen LogP contribution in [0.25, 0.3) is 11.1 Å². The number of hydrogen-bond acceptors (Lipinski definition) is 2. The topological polar surface area (TPSA) is 26.3 Å². The van der Waals surface area contributed by atoms with E-state index in [1.807, 2.05) is 30.3 Å². The highest BCUT2D eigenvalue weighted by Gasteiger charge is 2.11. The van der Waals surface area contributed by atoms with Gasteiger partial charge in [-0.25, -0.2) is 4.39 Å². The minimum absolute atomic E-state index is 0.0792. The molecule has 0 bridgehead atoms. The summed E-state index contributed by atoms with van der Waals surface area (Å²) in [5.41, 5.74) is 2.46. The summed E-state index contributed by atoms with van der Waals surface area (Å²) in [6, 6.07) is 14.1. The minimum Gasteiger partial charge on any atom is -0.466 e. The maximum Gasteiger partial charge on any atom is 0.310 e. The summed E-state index contributed by atoms with van der Waals surface area (Å²) in [6.07, 6.45) is 0.0792. The third-order valence-electron chi connectivity index (χ3n) is 2.79. The summed E-state index contributed by atoms with van der Waals surface area (Å²) < 4.78 is 18.3. The molecule has 2 aromatic carbocycles. The Labute approximate surface area is 111 Å². The van der Waals surface area contributed by atoms with Gasteiger partial charge in [-0.3, -0.25) is 4.79 Å². The third kappa shape index (κ3) is 3.41. The summed E-state index contributed by atoms with van der Waals surface area (Å²) in [7, 11) is 0. The Kier molecular flexibility index (Phi) is 4.29. The van der Waals surface area contributed by atoms with Crippen molar-refractivity contribution in [1.82, 2.24) is 0 Å². The molecule has 0 amide bonds. The van der Waals surface area contributed by atoms with E-state index in [4.69, 9.17) is 4.74 Å². The average Bonchev–Trinajstić information content (AvgIpc) is 2.40. The number of carbonyl (C=O) groups excluding carboxylic acids is 1. The Morgan fingerprint density at radius 2 is 1.89 bits per heavy atom. The van der Waals surface area contributed by atoms with E-state index in [0.29, 0.717) is 12.2 Å². The lowest BCUT2D eigenvalue weighted by Gasteiger charge is -2.09.